The van der Waals surface area contributed by atoms with E-state index >= 15 is 0 Å². The molecule has 1 spiro atoms. The van der Waals surface area contributed by atoms with Crippen LogP contribution in [0.3, 0.4) is 0 Å². The van der Waals surface area contributed by atoms with E-state index in [1.165, 1.54) is 12.1 Å². The molecule has 0 aromatic carbocycles. The molecular formula is C20H29F6N3O6S. The predicted molar refractivity (Wildman–Crippen MR) is 116 cm³/mol. The minimum atomic E-state index is -5.08. The van der Waals surface area contributed by atoms with Crippen LogP contribution in [0.2, 0.25) is 0 Å². The maximum absolute atomic E-state index is 10.6. The number of halogens is 6. The van der Waals surface area contributed by atoms with Gasteiger partial charge < -0.3 is 24.6 Å². The number of aliphatic carboxylic acids is 2. The highest BCUT2D eigenvalue weighted by molar-refractivity contribution is 7.09. The molecule has 0 saturated carbocycles. The molecule has 3 rings (SSSR count). The minimum Gasteiger partial charge on any atom is -0.475 e. The summed E-state index contributed by atoms with van der Waals surface area (Å²) in [6.45, 7) is 11.0. The van der Waals surface area contributed by atoms with Crippen LogP contribution in [0.1, 0.15) is 17.1 Å². The molecule has 16 heteroatoms. The van der Waals surface area contributed by atoms with Crippen LogP contribution in [0.4, 0.5) is 26.3 Å². The molecule has 3 heterocycles. The Bertz CT molecular complexity index is 814. The highest BCUT2D eigenvalue weighted by Gasteiger charge is 2.41. The van der Waals surface area contributed by atoms with Crippen LogP contribution in [-0.4, -0.2) is 109 Å². The summed E-state index contributed by atoms with van der Waals surface area (Å²) >= 11 is 1.74. The van der Waals surface area contributed by atoms with Crippen molar-refractivity contribution in [3.63, 3.8) is 0 Å². The largest absolute Gasteiger partial charge is 0.490 e. The zero-order valence-corrected chi connectivity index (χ0v) is 20.5. The van der Waals surface area contributed by atoms with Gasteiger partial charge in [-0.2, -0.15) is 26.3 Å². The molecule has 0 bridgehead atoms. The number of ether oxygens (including phenoxy) is 2. The summed E-state index contributed by atoms with van der Waals surface area (Å²) in [5, 5.41) is 17.6. The van der Waals surface area contributed by atoms with Crippen molar-refractivity contribution in [2.75, 3.05) is 59.7 Å². The third-order valence-electron chi connectivity index (χ3n) is 5.19. The van der Waals surface area contributed by atoms with E-state index in [9.17, 15) is 26.3 Å². The molecule has 1 aromatic heterocycles. The number of carboxylic acid groups (broad SMARTS) is 2. The second kappa shape index (κ2) is 14.1. The van der Waals surface area contributed by atoms with Gasteiger partial charge >= 0.3 is 24.3 Å². The molecular weight excluding hydrogens is 524 g/mol. The predicted octanol–water partition coefficient (Wildman–Crippen LogP) is 2.89. The minimum absolute atomic E-state index is 0.287. The molecule has 0 amide bonds. The first-order valence-electron chi connectivity index (χ1n) is 10.6. The fraction of sp³-hybridized carbons (Fsp3) is 0.750. The van der Waals surface area contributed by atoms with Crippen LogP contribution < -0.4 is 0 Å². The Balaban J connectivity index is 0.000000383. The number of hydrogen-bond donors (Lipinski definition) is 2. The van der Waals surface area contributed by atoms with Crippen LogP contribution in [0.15, 0.2) is 5.38 Å². The van der Waals surface area contributed by atoms with Gasteiger partial charge in [-0.25, -0.2) is 14.6 Å². The Morgan fingerprint density at radius 2 is 1.67 bits per heavy atom. The van der Waals surface area contributed by atoms with E-state index in [2.05, 4.69) is 27.1 Å². The van der Waals surface area contributed by atoms with Gasteiger partial charge in [0.25, 0.3) is 0 Å². The van der Waals surface area contributed by atoms with Crippen molar-refractivity contribution in [1.29, 1.82) is 0 Å². The number of likely N-dealkylation sites (tertiary alicyclic amines) is 1. The lowest BCUT2D eigenvalue weighted by Crippen LogP contribution is -2.40. The topological polar surface area (TPSA) is 112 Å². The number of hydrogen-bond acceptors (Lipinski definition) is 8. The first-order chi connectivity index (χ1) is 16.6. The van der Waals surface area contributed by atoms with E-state index in [0.29, 0.717) is 0 Å². The van der Waals surface area contributed by atoms with Gasteiger partial charge in [0.1, 0.15) is 0 Å². The highest BCUT2D eigenvalue weighted by atomic mass is 32.1. The lowest BCUT2D eigenvalue weighted by molar-refractivity contribution is -0.193. The van der Waals surface area contributed by atoms with Crippen LogP contribution >= 0.6 is 11.3 Å². The first kappa shape index (κ1) is 32.0. The Kier molecular flexibility index (Phi) is 12.5. The molecule has 2 aliphatic rings. The zero-order chi connectivity index (χ0) is 27.6. The van der Waals surface area contributed by atoms with Crippen LogP contribution in [-0.2, 0) is 25.6 Å². The number of rotatable bonds is 5. The van der Waals surface area contributed by atoms with E-state index in [1.54, 1.807) is 18.4 Å². The van der Waals surface area contributed by atoms with Crippen molar-refractivity contribution in [3.05, 3.63) is 16.1 Å². The van der Waals surface area contributed by atoms with Gasteiger partial charge in [0.15, 0.2) is 0 Å². The quantitative estimate of drug-likeness (QED) is 0.532. The average Bonchev–Trinajstić information content (AvgIpc) is 3.28. The van der Waals surface area contributed by atoms with Crippen LogP contribution in [0.5, 0.6) is 0 Å². The van der Waals surface area contributed by atoms with E-state index < -0.39 is 24.3 Å². The summed E-state index contributed by atoms with van der Waals surface area (Å²) in [5.41, 5.74) is 1.49. The molecule has 0 radical (unpaired) electrons. The summed E-state index contributed by atoms with van der Waals surface area (Å²) < 4.78 is 74.6. The summed E-state index contributed by atoms with van der Waals surface area (Å²) in [5.74, 6) is -5.51. The smallest absolute Gasteiger partial charge is 0.475 e. The van der Waals surface area contributed by atoms with E-state index in [0.717, 1.165) is 64.1 Å². The highest BCUT2D eigenvalue weighted by Crippen LogP contribution is 2.33. The number of thiazole rings is 1. The van der Waals surface area contributed by atoms with E-state index in [1.807, 2.05) is 0 Å². The van der Waals surface area contributed by atoms with Crippen molar-refractivity contribution >= 4 is 23.3 Å². The third-order valence-corrected chi connectivity index (χ3v) is 6.01. The number of methoxy groups -OCH3 is 1. The number of nitrogens with zero attached hydrogens (tertiary/aromatic N) is 3. The SMILES string of the molecule is COCCN1CCC2(COCCN(Cc3csc(C)n3)C2)C1.O=C(O)C(F)(F)F.O=C(O)C(F)(F)F. The lowest BCUT2D eigenvalue weighted by atomic mass is 9.87. The van der Waals surface area contributed by atoms with Gasteiger partial charge in [-0.3, -0.25) is 4.90 Å². The maximum Gasteiger partial charge on any atom is 0.490 e. The van der Waals surface area contributed by atoms with Gasteiger partial charge in [-0.15, -0.1) is 11.3 Å². The molecule has 1 unspecified atom stereocenters. The van der Waals surface area contributed by atoms with Gasteiger partial charge in [0.05, 0.1) is 30.5 Å². The molecule has 1 aromatic rings. The molecule has 1 atom stereocenters. The second-order valence-electron chi connectivity index (χ2n) is 8.25. The van der Waals surface area contributed by atoms with E-state index in [4.69, 9.17) is 29.3 Å². The van der Waals surface area contributed by atoms with Gasteiger partial charge in [-0.1, -0.05) is 0 Å². The fourth-order valence-electron chi connectivity index (χ4n) is 3.61. The number of alkyl halides is 6. The molecule has 2 fully saturated rings. The Hall–Kier alpha value is -2.01. The number of carbonyl (C=O) groups is 2. The van der Waals surface area contributed by atoms with Gasteiger partial charge in [0.2, 0.25) is 0 Å². The summed E-state index contributed by atoms with van der Waals surface area (Å²) in [6.07, 6.45) is -8.94. The molecule has 208 valence electrons. The first-order valence-corrected chi connectivity index (χ1v) is 11.5. The summed E-state index contributed by atoms with van der Waals surface area (Å²) in [4.78, 5) is 27.5. The maximum atomic E-state index is 10.6. The molecule has 2 saturated heterocycles. The molecule has 36 heavy (non-hydrogen) atoms. The second-order valence-corrected chi connectivity index (χ2v) is 9.31. The van der Waals surface area contributed by atoms with Crippen molar-refractivity contribution in [3.8, 4) is 0 Å². The van der Waals surface area contributed by atoms with Crippen molar-refractivity contribution in [1.82, 2.24) is 14.8 Å². The Morgan fingerprint density at radius 3 is 2.14 bits per heavy atom. The standard InChI is InChI=1S/C16H27N3O2S.2C2HF3O2/c1-14-17-15(10-22-14)9-19-6-8-21-13-16(12-19)3-4-18(11-16)5-7-20-2;2*3-2(4,5)1(6)7/h10H,3-9,11-13H2,1-2H3;2*(H,6,7). The molecule has 0 aliphatic carbocycles. The van der Waals surface area contributed by atoms with E-state index in [-0.39, 0.29) is 5.41 Å². The van der Waals surface area contributed by atoms with Crippen molar-refractivity contribution < 1.29 is 55.6 Å². The Labute approximate surface area is 207 Å². The monoisotopic (exact) mass is 553 g/mol. The van der Waals surface area contributed by atoms with Crippen molar-refractivity contribution in [2.45, 2.75) is 32.2 Å². The number of carboxylic acids is 2. The van der Waals surface area contributed by atoms with Crippen LogP contribution in [0.25, 0.3) is 0 Å². The lowest BCUT2D eigenvalue weighted by Gasteiger charge is -2.31. The fourth-order valence-corrected chi connectivity index (χ4v) is 4.22. The summed E-state index contributed by atoms with van der Waals surface area (Å²) in [6, 6.07) is 0. The number of aromatic nitrogens is 1. The molecule has 9 nitrogen and oxygen atoms in total. The van der Waals surface area contributed by atoms with Crippen LogP contribution in [0, 0.1) is 12.3 Å². The summed E-state index contributed by atoms with van der Waals surface area (Å²) in [7, 11) is 1.78. The van der Waals surface area contributed by atoms with Gasteiger partial charge in [0, 0.05) is 50.6 Å². The normalized spacial score (nSPS) is 21.2. The molecule has 2 aliphatic heterocycles. The molecule has 2 N–H and O–H groups in total. The number of aryl methyl sites for hydroxylation is 1. The third kappa shape index (κ3) is 11.8. The Morgan fingerprint density at radius 1 is 1.11 bits per heavy atom. The average molecular weight is 554 g/mol. The zero-order valence-electron chi connectivity index (χ0n) is 19.7. The van der Waals surface area contributed by atoms with Gasteiger partial charge in [-0.05, 0) is 19.9 Å². The van der Waals surface area contributed by atoms with Crippen molar-refractivity contribution in [2.24, 2.45) is 5.41 Å².